The van der Waals surface area contributed by atoms with E-state index >= 15 is 0 Å². The van der Waals surface area contributed by atoms with Gasteiger partial charge < -0.3 is 10.4 Å². The van der Waals surface area contributed by atoms with E-state index < -0.39 is 21.7 Å². The predicted molar refractivity (Wildman–Crippen MR) is 116 cm³/mol. The summed E-state index contributed by atoms with van der Waals surface area (Å²) in [4.78, 5) is 16.5. The molecule has 0 spiro atoms. The number of thiazole rings is 1. The number of urea groups is 1. The highest BCUT2D eigenvalue weighted by Gasteiger charge is 2.27. The Morgan fingerprint density at radius 3 is 2.07 bits per heavy atom. The SMILES string of the molecule is Cc1cc(C(C)C)c(NC(=O)NS(=O)(=O)c2cnc(C(C)(C)O)s2)c(C(C)C)c1. The van der Waals surface area contributed by atoms with Crippen LogP contribution < -0.4 is 10.0 Å². The molecule has 2 amide bonds. The number of benzene rings is 1. The molecule has 2 aromatic rings. The van der Waals surface area contributed by atoms with Crippen LogP contribution in [0.25, 0.3) is 0 Å². The van der Waals surface area contributed by atoms with Crippen molar-refractivity contribution in [2.24, 2.45) is 0 Å². The maximum absolute atomic E-state index is 12.6. The first kappa shape index (κ1) is 23.3. The molecular formula is C20H29N3O4S2. The van der Waals surface area contributed by atoms with Crippen molar-refractivity contribution in [3.8, 4) is 0 Å². The number of anilines is 1. The first-order valence-corrected chi connectivity index (χ1v) is 11.7. The van der Waals surface area contributed by atoms with Gasteiger partial charge in [-0.3, -0.25) is 0 Å². The summed E-state index contributed by atoms with van der Waals surface area (Å²) in [7, 11) is -4.11. The molecule has 3 N–H and O–H groups in total. The zero-order valence-electron chi connectivity index (χ0n) is 17.8. The second-order valence-corrected chi connectivity index (χ2v) is 11.2. The quantitative estimate of drug-likeness (QED) is 0.617. The third kappa shape index (κ3) is 5.55. The van der Waals surface area contributed by atoms with Gasteiger partial charge in [0.05, 0.1) is 6.20 Å². The number of rotatable bonds is 6. The van der Waals surface area contributed by atoms with Crippen LogP contribution in [0.3, 0.4) is 0 Å². The average molecular weight is 440 g/mol. The summed E-state index contributed by atoms with van der Waals surface area (Å²) in [5, 5.41) is 13.0. The van der Waals surface area contributed by atoms with Gasteiger partial charge in [0, 0.05) is 5.69 Å². The zero-order chi connectivity index (χ0) is 22.1. The predicted octanol–water partition coefficient (Wildman–Crippen LogP) is 4.44. The van der Waals surface area contributed by atoms with E-state index in [2.05, 4.69) is 10.3 Å². The number of aliphatic hydroxyl groups is 1. The lowest BCUT2D eigenvalue weighted by Gasteiger charge is -2.21. The Bertz CT molecular complexity index is 974. The minimum atomic E-state index is -4.11. The molecule has 0 atom stereocenters. The number of sulfonamides is 1. The van der Waals surface area contributed by atoms with Crippen molar-refractivity contribution in [1.29, 1.82) is 0 Å². The van der Waals surface area contributed by atoms with Crippen molar-refractivity contribution < 1.29 is 18.3 Å². The van der Waals surface area contributed by atoms with E-state index in [0.717, 1.165) is 34.2 Å². The normalized spacial score (nSPS) is 12.5. The van der Waals surface area contributed by atoms with Crippen LogP contribution in [0.15, 0.2) is 22.5 Å². The maximum atomic E-state index is 12.6. The lowest BCUT2D eigenvalue weighted by molar-refractivity contribution is 0.0783. The molecule has 0 fully saturated rings. The monoisotopic (exact) mass is 439 g/mol. The first-order chi connectivity index (χ1) is 13.2. The highest BCUT2D eigenvalue weighted by atomic mass is 32.2. The summed E-state index contributed by atoms with van der Waals surface area (Å²) < 4.78 is 27.1. The summed E-state index contributed by atoms with van der Waals surface area (Å²) in [6.07, 6.45) is 1.14. The molecule has 0 aliphatic carbocycles. The Morgan fingerprint density at radius 2 is 1.66 bits per heavy atom. The first-order valence-electron chi connectivity index (χ1n) is 9.39. The molecule has 0 unspecified atom stereocenters. The minimum absolute atomic E-state index is 0.137. The molecule has 1 heterocycles. The fourth-order valence-corrected chi connectivity index (χ4v) is 4.92. The van der Waals surface area contributed by atoms with Gasteiger partial charge in [0.2, 0.25) is 0 Å². The number of hydrogen-bond acceptors (Lipinski definition) is 6. The highest BCUT2D eigenvalue weighted by Crippen LogP contribution is 2.34. The van der Waals surface area contributed by atoms with Crippen LogP contribution in [0.1, 0.15) is 75.1 Å². The van der Waals surface area contributed by atoms with E-state index in [4.69, 9.17) is 0 Å². The Labute approximate surface area is 176 Å². The number of nitrogens with one attached hydrogen (secondary N) is 2. The molecule has 2 rings (SSSR count). The molecule has 0 radical (unpaired) electrons. The number of aromatic nitrogens is 1. The summed E-state index contributed by atoms with van der Waals surface area (Å²) >= 11 is 0.822. The van der Waals surface area contributed by atoms with Crippen LogP contribution in [0.2, 0.25) is 0 Å². The number of hydrogen-bond donors (Lipinski definition) is 3. The van der Waals surface area contributed by atoms with Crippen LogP contribution >= 0.6 is 11.3 Å². The topological polar surface area (TPSA) is 108 Å². The summed E-state index contributed by atoms with van der Waals surface area (Å²) in [6, 6.07) is 3.16. The lowest BCUT2D eigenvalue weighted by Crippen LogP contribution is -2.34. The molecule has 1 aromatic heterocycles. The Morgan fingerprint density at radius 1 is 1.14 bits per heavy atom. The van der Waals surface area contributed by atoms with Crippen LogP contribution in [0.4, 0.5) is 10.5 Å². The van der Waals surface area contributed by atoms with Gasteiger partial charge in [-0.1, -0.05) is 45.4 Å². The van der Waals surface area contributed by atoms with Crippen LogP contribution in [0.5, 0.6) is 0 Å². The molecule has 160 valence electrons. The van der Waals surface area contributed by atoms with E-state index in [1.54, 1.807) is 0 Å². The van der Waals surface area contributed by atoms with Gasteiger partial charge in [-0.15, -0.1) is 11.3 Å². The second-order valence-electron chi connectivity index (χ2n) is 8.23. The van der Waals surface area contributed by atoms with E-state index in [-0.39, 0.29) is 21.1 Å². The second kappa shape index (κ2) is 8.41. The van der Waals surface area contributed by atoms with Crippen molar-refractivity contribution in [2.75, 3.05) is 5.32 Å². The third-order valence-corrected chi connectivity index (χ3v) is 7.43. The van der Waals surface area contributed by atoms with Gasteiger partial charge in [0.15, 0.2) is 4.21 Å². The van der Waals surface area contributed by atoms with Crippen molar-refractivity contribution in [3.05, 3.63) is 40.0 Å². The van der Waals surface area contributed by atoms with E-state index in [9.17, 15) is 18.3 Å². The molecule has 1 aromatic carbocycles. The van der Waals surface area contributed by atoms with Gasteiger partial charge in [-0.2, -0.15) is 0 Å². The molecule has 0 bridgehead atoms. The van der Waals surface area contributed by atoms with Gasteiger partial charge in [0.1, 0.15) is 10.6 Å². The Kier molecular flexibility index (Phi) is 6.76. The standard InChI is InChI=1S/C20H29N3O4S2/c1-11(2)14-8-13(5)9-15(12(3)4)17(14)22-19(24)23-29(26,27)16-10-21-18(28-16)20(6,7)25/h8-12,25H,1-7H3,(H2,22,23,24). The van der Waals surface area contributed by atoms with Crippen LogP contribution in [-0.2, 0) is 15.6 Å². The summed E-state index contributed by atoms with van der Waals surface area (Å²) in [5.74, 6) is 0.297. The molecule has 29 heavy (non-hydrogen) atoms. The Balaban J connectivity index is 2.32. The highest BCUT2D eigenvalue weighted by molar-refractivity contribution is 7.92. The lowest BCUT2D eigenvalue weighted by atomic mass is 9.90. The Hall–Kier alpha value is -1.97. The number of nitrogens with zero attached hydrogens (tertiary/aromatic N) is 1. The number of amides is 2. The zero-order valence-corrected chi connectivity index (χ0v) is 19.5. The van der Waals surface area contributed by atoms with Gasteiger partial charge in [0.25, 0.3) is 10.0 Å². The van der Waals surface area contributed by atoms with Gasteiger partial charge >= 0.3 is 6.03 Å². The molecule has 7 nitrogen and oxygen atoms in total. The fraction of sp³-hybridized carbons (Fsp3) is 0.500. The van der Waals surface area contributed by atoms with E-state index in [1.807, 2.05) is 51.5 Å². The van der Waals surface area contributed by atoms with Crippen molar-refractivity contribution in [1.82, 2.24) is 9.71 Å². The minimum Gasteiger partial charge on any atom is -0.383 e. The number of carbonyl (C=O) groups excluding carboxylic acids is 1. The molecule has 0 saturated carbocycles. The van der Waals surface area contributed by atoms with Crippen molar-refractivity contribution in [2.45, 2.75) is 70.1 Å². The van der Waals surface area contributed by atoms with Crippen LogP contribution in [0, 0.1) is 6.92 Å². The average Bonchev–Trinajstić information content (AvgIpc) is 3.06. The third-order valence-electron chi connectivity index (χ3n) is 4.33. The summed E-state index contributed by atoms with van der Waals surface area (Å²) in [6.45, 7) is 13.1. The van der Waals surface area contributed by atoms with E-state index in [1.165, 1.54) is 13.8 Å². The number of carbonyl (C=O) groups is 1. The number of aryl methyl sites for hydroxylation is 1. The molecule has 0 aliphatic rings. The molecule has 9 heteroatoms. The van der Waals surface area contributed by atoms with Crippen molar-refractivity contribution >= 4 is 33.1 Å². The van der Waals surface area contributed by atoms with Crippen molar-refractivity contribution in [3.63, 3.8) is 0 Å². The van der Waals surface area contributed by atoms with E-state index in [0.29, 0.717) is 5.69 Å². The molecule has 0 aliphatic heterocycles. The smallest absolute Gasteiger partial charge is 0.333 e. The molecular weight excluding hydrogens is 410 g/mol. The summed E-state index contributed by atoms with van der Waals surface area (Å²) in [5.41, 5.74) is 2.35. The van der Waals surface area contributed by atoms with Gasteiger partial charge in [-0.05, 0) is 43.7 Å². The maximum Gasteiger partial charge on any atom is 0.333 e. The van der Waals surface area contributed by atoms with Gasteiger partial charge in [-0.25, -0.2) is 22.9 Å². The largest absolute Gasteiger partial charge is 0.383 e. The fourth-order valence-electron chi connectivity index (χ4n) is 2.88. The molecule has 0 saturated heterocycles. The van der Waals surface area contributed by atoms with Crippen LogP contribution in [-0.4, -0.2) is 24.5 Å².